The van der Waals surface area contributed by atoms with Gasteiger partial charge in [-0.25, -0.2) is 9.67 Å². The Bertz CT molecular complexity index is 938. The van der Waals surface area contributed by atoms with Crippen LogP contribution in [-0.4, -0.2) is 37.2 Å². The van der Waals surface area contributed by atoms with Gasteiger partial charge in [0.15, 0.2) is 5.65 Å². The summed E-state index contributed by atoms with van der Waals surface area (Å²) < 4.78 is 1.60. The largest absolute Gasteiger partial charge is 0.303 e. The minimum absolute atomic E-state index is 0.0536. The zero-order chi connectivity index (χ0) is 16.8. The van der Waals surface area contributed by atoms with Crippen LogP contribution in [0.5, 0.6) is 0 Å². The standard InChI is InChI=1S/C17H17N5OS/c1-10-11(2)24-15-7-5-4-6-14(15)22(10)17(23)12-8-13-16(18-9-12)21(3)20-19-13/h4-11H,1-3H3. The molecule has 0 aliphatic carbocycles. The third-order valence-electron chi connectivity index (χ3n) is 4.43. The third-order valence-corrected chi connectivity index (χ3v) is 5.80. The first-order valence-corrected chi connectivity index (χ1v) is 8.69. The van der Waals surface area contributed by atoms with Crippen LogP contribution < -0.4 is 4.90 Å². The number of anilines is 1. The molecule has 0 N–H and O–H groups in total. The van der Waals surface area contributed by atoms with Gasteiger partial charge in [0.1, 0.15) is 5.52 Å². The van der Waals surface area contributed by atoms with Crippen molar-refractivity contribution in [3.8, 4) is 0 Å². The van der Waals surface area contributed by atoms with Crippen LogP contribution in [0.4, 0.5) is 5.69 Å². The fourth-order valence-corrected chi connectivity index (χ4v) is 4.12. The Morgan fingerprint density at radius 2 is 2.04 bits per heavy atom. The number of benzene rings is 1. The van der Waals surface area contributed by atoms with Gasteiger partial charge in [-0.05, 0) is 25.1 Å². The number of aromatic nitrogens is 4. The third kappa shape index (κ3) is 2.27. The van der Waals surface area contributed by atoms with Crippen molar-refractivity contribution in [2.24, 2.45) is 7.05 Å². The molecule has 3 aromatic rings. The lowest BCUT2D eigenvalue weighted by Gasteiger charge is -2.38. The average molecular weight is 339 g/mol. The summed E-state index contributed by atoms with van der Waals surface area (Å²) in [5.74, 6) is -0.0536. The summed E-state index contributed by atoms with van der Waals surface area (Å²) in [4.78, 5) is 20.5. The molecule has 7 heteroatoms. The smallest absolute Gasteiger partial charge is 0.260 e. The first kappa shape index (κ1) is 15.1. The molecule has 2 unspecified atom stereocenters. The SMILES string of the molecule is CC1Sc2ccccc2N(C(=O)c2cnc3c(c2)nnn3C)C1C. The van der Waals surface area contributed by atoms with E-state index in [0.717, 1.165) is 10.6 Å². The summed E-state index contributed by atoms with van der Waals surface area (Å²) in [5, 5.41) is 8.32. The van der Waals surface area contributed by atoms with E-state index in [1.54, 1.807) is 35.8 Å². The average Bonchev–Trinajstić information content (AvgIpc) is 2.96. The highest BCUT2D eigenvalue weighted by molar-refractivity contribution is 8.00. The van der Waals surface area contributed by atoms with Crippen LogP contribution in [-0.2, 0) is 7.05 Å². The number of hydrogen-bond acceptors (Lipinski definition) is 5. The Morgan fingerprint density at radius 1 is 1.25 bits per heavy atom. The second-order valence-corrected chi connectivity index (χ2v) is 7.41. The van der Waals surface area contributed by atoms with E-state index in [1.165, 1.54) is 0 Å². The van der Waals surface area contributed by atoms with E-state index in [-0.39, 0.29) is 11.9 Å². The highest BCUT2D eigenvalue weighted by Crippen LogP contribution is 2.41. The maximum absolute atomic E-state index is 13.2. The van der Waals surface area contributed by atoms with Gasteiger partial charge in [-0.2, -0.15) is 0 Å². The number of aryl methyl sites for hydroxylation is 1. The van der Waals surface area contributed by atoms with E-state index in [9.17, 15) is 4.79 Å². The maximum atomic E-state index is 13.2. The molecule has 24 heavy (non-hydrogen) atoms. The monoisotopic (exact) mass is 339 g/mol. The molecule has 0 radical (unpaired) electrons. The summed E-state index contributed by atoms with van der Waals surface area (Å²) in [6.07, 6.45) is 1.61. The van der Waals surface area contributed by atoms with E-state index in [2.05, 4.69) is 35.2 Å². The highest BCUT2D eigenvalue weighted by Gasteiger charge is 2.34. The molecule has 1 aromatic carbocycles. The van der Waals surface area contributed by atoms with Crippen LogP contribution in [0.25, 0.3) is 11.2 Å². The van der Waals surface area contributed by atoms with Gasteiger partial charge < -0.3 is 4.90 Å². The number of thioether (sulfide) groups is 1. The molecule has 6 nitrogen and oxygen atoms in total. The molecule has 0 saturated heterocycles. The zero-order valence-corrected chi connectivity index (χ0v) is 14.5. The van der Waals surface area contributed by atoms with E-state index < -0.39 is 0 Å². The van der Waals surface area contributed by atoms with Crippen LogP contribution in [0.3, 0.4) is 0 Å². The van der Waals surface area contributed by atoms with Gasteiger partial charge in [0.05, 0.1) is 11.3 Å². The van der Waals surface area contributed by atoms with Gasteiger partial charge in [0, 0.05) is 29.4 Å². The van der Waals surface area contributed by atoms with Crippen molar-refractivity contribution < 1.29 is 4.79 Å². The lowest BCUT2D eigenvalue weighted by molar-refractivity contribution is 0.0977. The molecule has 4 rings (SSSR count). The van der Waals surface area contributed by atoms with Crippen molar-refractivity contribution in [3.63, 3.8) is 0 Å². The van der Waals surface area contributed by atoms with Gasteiger partial charge in [0.25, 0.3) is 5.91 Å². The Morgan fingerprint density at radius 3 is 2.88 bits per heavy atom. The van der Waals surface area contributed by atoms with Crippen molar-refractivity contribution >= 4 is 34.5 Å². The van der Waals surface area contributed by atoms with E-state index in [0.29, 0.717) is 22.0 Å². The number of hydrogen-bond donors (Lipinski definition) is 0. The number of para-hydroxylation sites is 1. The topological polar surface area (TPSA) is 63.9 Å². The molecular formula is C17H17N5OS. The molecule has 2 aromatic heterocycles. The molecule has 3 heterocycles. The van der Waals surface area contributed by atoms with Crippen molar-refractivity contribution in [3.05, 3.63) is 42.1 Å². The second kappa shape index (κ2) is 5.59. The molecule has 0 spiro atoms. The van der Waals surface area contributed by atoms with E-state index in [4.69, 9.17) is 0 Å². The van der Waals surface area contributed by atoms with Crippen LogP contribution in [0, 0.1) is 0 Å². The van der Waals surface area contributed by atoms with Gasteiger partial charge >= 0.3 is 0 Å². The summed E-state index contributed by atoms with van der Waals surface area (Å²) in [6, 6.07) is 9.88. The number of carbonyl (C=O) groups excluding carboxylic acids is 1. The lowest BCUT2D eigenvalue weighted by Crippen LogP contribution is -2.46. The summed E-state index contributed by atoms with van der Waals surface area (Å²) in [6.45, 7) is 4.23. The number of pyridine rings is 1. The fraction of sp³-hybridized carbons (Fsp3) is 0.294. The first-order valence-electron chi connectivity index (χ1n) is 7.81. The lowest BCUT2D eigenvalue weighted by atomic mass is 10.1. The Labute approximate surface area is 143 Å². The molecule has 1 aliphatic rings. The number of rotatable bonds is 1. The van der Waals surface area contributed by atoms with Gasteiger partial charge in [0.2, 0.25) is 0 Å². The molecule has 122 valence electrons. The minimum atomic E-state index is -0.0536. The van der Waals surface area contributed by atoms with E-state index >= 15 is 0 Å². The summed E-state index contributed by atoms with van der Waals surface area (Å²) in [7, 11) is 1.78. The molecular weight excluding hydrogens is 322 g/mol. The predicted octanol–water partition coefficient (Wildman–Crippen LogP) is 2.89. The first-order chi connectivity index (χ1) is 11.6. The summed E-state index contributed by atoms with van der Waals surface area (Å²) in [5.41, 5.74) is 2.78. The predicted molar refractivity (Wildman–Crippen MR) is 94.3 cm³/mol. The van der Waals surface area contributed by atoms with Gasteiger partial charge in [-0.3, -0.25) is 4.79 Å². The highest BCUT2D eigenvalue weighted by atomic mass is 32.2. The van der Waals surface area contributed by atoms with Gasteiger partial charge in [-0.15, -0.1) is 16.9 Å². The second-order valence-electron chi connectivity index (χ2n) is 5.99. The molecule has 0 fully saturated rings. The quantitative estimate of drug-likeness (QED) is 0.682. The Hall–Kier alpha value is -2.41. The van der Waals surface area contributed by atoms with Crippen molar-refractivity contribution in [1.29, 1.82) is 0 Å². The fourth-order valence-electron chi connectivity index (χ4n) is 2.96. The van der Waals surface area contributed by atoms with E-state index in [1.807, 2.05) is 23.1 Å². The van der Waals surface area contributed by atoms with Crippen LogP contribution in [0.2, 0.25) is 0 Å². The van der Waals surface area contributed by atoms with Gasteiger partial charge in [-0.1, -0.05) is 24.3 Å². The van der Waals surface area contributed by atoms with Crippen molar-refractivity contribution in [2.45, 2.75) is 30.0 Å². The molecule has 2 atom stereocenters. The number of carbonyl (C=O) groups is 1. The number of fused-ring (bicyclic) bond motifs is 2. The van der Waals surface area contributed by atoms with Crippen LogP contribution in [0.15, 0.2) is 41.4 Å². The molecule has 1 aliphatic heterocycles. The molecule has 0 bridgehead atoms. The number of nitrogens with zero attached hydrogens (tertiary/aromatic N) is 5. The normalized spacial score (nSPS) is 20.2. The van der Waals surface area contributed by atoms with Crippen LogP contribution >= 0.6 is 11.8 Å². The van der Waals surface area contributed by atoms with Crippen molar-refractivity contribution in [2.75, 3.05) is 4.90 Å². The Balaban J connectivity index is 1.79. The minimum Gasteiger partial charge on any atom is -0.303 e. The Kier molecular flexibility index (Phi) is 3.53. The maximum Gasteiger partial charge on any atom is 0.260 e. The molecule has 0 saturated carbocycles. The van der Waals surface area contributed by atoms with Crippen molar-refractivity contribution in [1.82, 2.24) is 20.0 Å². The number of amides is 1. The van der Waals surface area contributed by atoms with Crippen LogP contribution in [0.1, 0.15) is 24.2 Å². The zero-order valence-electron chi connectivity index (χ0n) is 13.7. The summed E-state index contributed by atoms with van der Waals surface area (Å²) >= 11 is 1.81. The molecule has 1 amide bonds.